The summed E-state index contributed by atoms with van der Waals surface area (Å²) in [5.41, 5.74) is 1.29. The van der Waals surface area contributed by atoms with Crippen molar-refractivity contribution in [3.63, 3.8) is 0 Å². The maximum absolute atomic E-state index is 13.0. The summed E-state index contributed by atoms with van der Waals surface area (Å²) < 4.78 is 10.9. The summed E-state index contributed by atoms with van der Waals surface area (Å²) in [4.78, 5) is 17.9. The number of amidine groups is 1. The molecule has 1 amide bonds. The second-order valence-corrected chi connectivity index (χ2v) is 7.61. The first-order chi connectivity index (χ1) is 14.2. The highest BCUT2D eigenvalue weighted by atomic mass is 32.2. The lowest BCUT2D eigenvalue weighted by atomic mass is 10.1. The molecular formula is C21H22N4O3S. The lowest BCUT2D eigenvalue weighted by Gasteiger charge is -2.34. The summed E-state index contributed by atoms with van der Waals surface area (Å²) in [5.74, 6) is 2.00. The van der Waals surface area contributed by atoms with Gasteiger partial charge < -0.3 is 9.47 Å². The van der Waals surface area contributed by atoms with Gasteiger partial charge in [0.2, 0.25) is 0 Å². The Morgan fingerprint density at radius 2 is 2.00 bits per heavy atom. The first-order valence-corrected chi connectivity index (χ1v) is 10.4. The molecule has 2 heterocycles. The van der Waals surface area contributed by atoms with Gasteiger partial charge >= 0.3 is 0 Å². The van der Waals surface area contributed by atoms with Crippen molar-refractivity contribution < 1.29 is 14.3 Å². The SMILES string of the molecule is CCCSC1=NN2C(=c3ccccc3=NC2c2ccc(OC)cc2OC)C(=O)N1. The number of hydrogen-bond donors (Lipinski definition) is 1. The first kappa shape index (κ1) is 19.3. The zero-order valence-corrected chi connectivity index (χ0v) is 17.3. The Morgan fingerprint density at radius 3 is 2.76 bits per heavy atom. The van der Waals surface area contributed by atoms with E-state index in [1.165, 1.54) is 11.8 Å². The Kier molecular flexibility index (Phi) is 5.44. The summed E-state index contributed by atoms with van der Waals surface area (Å²) >= 11 is 1.52. The van der Waals surface area contributed by atoms with Gasteiger partial charge in [-0.25, -0.2) is 5.01 Å². The van der Waals surface area contributed by atoms with Crippen LogP contribution in [0.1, 0.15) is 25.1 Å². The van der Waals surface area contributed by atoms with Gasteiger partial charge in [-0.15, -0.1) is 5.10 Å². The van der Waals surface area contributed by atoms with Gasteiger partial charge in [0.25, 0.3) is 5.91 Å². The second-order valence-electron chi connectivity index (χ2n) is 6.53. The van der Waals surface area contributed by atoms with Crippen LogP contribution in [0.2, 0.25) is 0 Å². The van der Waals surface area contributed by atoms with E-state index in [0.717, 1.165) is 28.3 Å². The number of methoxy groups -OCH3 is 2. The Hall–Kier alpha value is -3.00. The highest BCUT2D eigenvalue weighted by Gasteiger charge is 2.35. The van der Waals surface area contributed by atoms with E-state index in [-0.39, 0.29) is 5.91 Å². The van der Waals surface area contributed by atoms with Crippen LogP contribution in [0.25, 0.3) is 5.70 Å². The quantitative estimate of drug-likeness (QED) is 0.816. The number of fused-ring (bicyclic) bond motifs is 2. The number of rotatable bonds is 5. The van der Waals surface area contributed by atoms with Gasteiger partial charge in [0, 0.05) is 22.6 Å². The molecule has 0 bridgehead atoms. The number of nitrogens with one attached hydrogen (secondary N) is 1. The number of thioether (sulfide) groups is 1. The van der Waals surface area contributed by atoms with Crippen molar-refractivity contribution in [2.75, 3.05) is 20.0 Å². The largest absolute Gasteiger partial charge is 0.497 e. The Bertz CT molecular complexity index is 1100. The van der Waals surface area contributed by atoms with Crippen molar-refractivity contribution in [1.82, 2.24) is 10.3 Å². The van der Waals surface area contributed by atoms with E-state index in [0.29, 0.717) is 22.4 Å². The molecule has 8 heteroatoms. The molecule has 0 aliphatic carbocycles. The van der Waals surface area contributed by atoms with Crippen LogP contribution in [0.5, 0.6) is 11.5 Å². The molecule has 2 aliphatic heterocycles. The van der Waals surface area contributed by atoms with Gasteiger partial charge in [-0.05, 0) is 24.6 Å². The first-order valence-electron chi connectivity index (χ1n) is 9.37. The van der Waals surface area contributed by atoms with Gasteiger partial charge in [0.15, 0.2) is 11.3 Å². The zero-order valence-electron chi connectivity index (χ0n) is 16.5. The van der Waals surface area contributed by atoms with Crippen LogP contribution in [-0.4, -0.2) is 36.1 Å². The average molecular weight is 410 g/mol. The van der Waals surface area contributed by atoms with Crippen LogP contribution in [0.3, 0.4) is 0 Å². The smallest absolute Gasteiger partial charge is 0.276 e. The maximum atomic E-state index is 13.0. The maximum Gasteiger partial charge on any atom is 0.276 e. The van der Waals surface area contributed by atoms with Gasteiger partial charge in [-0.1, -0.05) is 36.9 Å². The monoisotopic (exact) mass is 410 g/mol. The molecule has 4 rings (SSSR count). The molecule has 2 aromatic rings. The van der Waals surface area contributed by atoms with Crippen molar-refractivity contribution >= 4 is 28.5 Å². The topological polar surface area (TPSA) is 75.5 Å². The number of benzene rings is 2. The molecule has 0 aromatic heterocycles. The van der Waals surface area contributed by atoms with Crippen LogP contribution in [0.4, 0.5) is 0 Å². The van der Waals surface area contributed by atoms with Crippen LogP contribution in [-0.2, 0) is 4.79 Å². The van der Waals surface area contributed by atoms with Crippen molar-refractivity contribution in [3.05, 3.63) is 58.6 Å². The Balaban J connectivity index is 1.91. The average Bonchev–Trinajstić information content (AvgIpc) is 2.76. The van der Waals surface area contributed by atoms with E-state index < -0.39 is 6.17 Å². The molecule has 0 spiro atoms. The predicted octanol–water partition coefficient (Wildman–Crippen LogP) is 1.99. The molecule has 29 heavy (non-hydrogen) atoms. The molecule has 0 radical (unpaired) electrons. The van der Waals surface area contributed by atoms with Gasteiger partial charge in [-0.3, -0.25) is 15.1 Å². The number of hydrazone groups is 1. The summed E-state index contributed by atoms with van der Waals surface area (Å²) in [6, 6.07) is 13.2. The van der Waals surface area contributed by atoms with Crippen molar-refractivity contribution in [3.8, 4) is 11.5 Å². The molecule has 0 saturated heterocycles. The minimum atomic E-state index is -0.524. The van der Waals surface area contributed by atoms with Gasteiger partial charge in [0.1, 0.15) is 17.2 Å². The minimum Gasteiger partial charge on any atom is -0.497 e. The fourth-order valence-corrected chi connectivity index (χ4v) is 4.03. The van der Waals surface area contributed by atoms with E-state index in [1.54, 1.807) is 19.2 Å². The molecule has 0 fully saturated rings. The summed E-state index contributed by atoms with van der Waals surface area (Å²) in [6.07, 6.45) is 0.461. The van der Waals surface area contributed by atoms with Crippen molar-refractivity contribution in [1.29, 1.82) is 0 Å². The van der Waals surface area contributed by atoms with Crippen molar-refractivity contribution in [2.45, 2.75) is 19.5 Å². The number of nitrogens with zero attached hydrogens (tertiary/aromatic N) is 3. The highest BCUT2D eigenvalue weighted by molar-refractivity contribution is 8.13. The van der Waals surface area contributed by atoms with E-state index >= 15 is 0 Å². The number of ether oxygens (including phenoxy) is 2. The molecular weight excluding hydrogens is 388 g/mol. The third kappa shape index (κ3) is 3.55. The molecule has 2 aromatic carbocycles. The summed E-state index contributed by atoms with van der Waals surface area (Å²) in [7, 11) is 3.21. The van der Waals surface area contributed by atoms with Crippen molar-refractivity contribution in [2.24, 2.45) is 10.1 Å². The number of hydrogen-bond acceptors (Lipinski definition) is 7. The van der Waals surface area contributed by atoms with Crippen LogP contribution in [0, 0.1) is 0 Å². The summed E-state index contributed by atoms with van der Waals surface area (Å²) in [6.45, 7) is 2.09. The third-order valence-electron chi connectivity index (χ3n) is 4.68. The van der Waals surface area contributed by atoms with Gasteiger partial charge in [-0.2, -0.15) is 0 Å². The fourth-order valence-electron chi connectivity index (χ4n) is 3.33. The molecule has 2 aliphatic rings. The van der Waals surface area contributed by atoms with Crippen LogP contribution >= 0.6 is 11.8 Å². The normalized spacial score (nSPS) is 17.6. The Labute approximate surface area is 173 Å². The highest BCUT2D eigenvalue weighted by Crippen LogP contribution is 2.37. The number of carbonyl (C=O) groups is 1. The summed E-state index contributed by atoms with van der Waals surface area (Å²) in [5, 5.41) is 11.4. The van der Waals surface area contributed by atoms with E-state index in [1.807, 2.05) is 42.5 Å². The van der Waals surface area contributed by atoms with Gasteiger partial charge in [0.05, 0.1) is 19.6 Å². The predicted molar refractivity (Wildman–Crippen MR) is 113 cm³/mol. The van der Waals surface area contributed by atoms with E-state index in [9.17, 15) is 4.79 Å². The lowest BCUT2D eigenvalue weighted by molar-refractivity contribution is -0.116. The number of carbonyl (C=O) groups excluding carboxylic acids is 1. The molecule has 1 N–H and O–H groups in total. The molecule has 150 valence electrons. The molecule has 0 saturated carbocycles. The van der Waals surface area contributed by atoms with E-state index in [4.69, 9.17) is 19.6 Å². The lowest BCUT2D eigenvalue weighted by Crippen LogP contribution is -2.50. The molecule has 1 atom stereocenters. The second kappa shape index (κ2) is 8.16. The van der Waals surface area contributed by atoms with E-state index in [2.05, 4.69) is 12.2 Å². The standard InChI is InChI=1S/C21H22N4O3S/c1-4-11-29-21-23-20(26)18-14-7-5-6-8-16(14)22-19(25(18)24-21)15-10-9-13(27-2)12-17(15)28-3/h5-10,12,19H,4,11H2,1-3H3,(H,23,24,26). The fraction of sp³-hybridized carbons (Fsp3) is 0.286. The number of para-hydroxylation sites is 1. The molecule has 7 nitrogen and oxygen atoms in total. The van der Waals surface area contributed by atoms with Crippen LogP contribution in [0.15, 0.2) is 52.6 Å². The third-order valence-corrected chi connectivity index (χ3v) is 5.75. The Morgan fingerprint density at radius 1 is 1.17 bits per heavy atom. The zero-order chi connectivity index (χ0) is 20.4. The number of amides is 1. The van der Waals surface area contributed by atoms with Crippen LogP contribution < -0.4 is 25.4 Å². The minimum absolute atomic E-state index is 0.182. The molecule has 1 unspecified atom stereocenters.